The lowest BCUT2D eigenvalue weighted by Crippen LogP contribution is -2.49. The van der Waals surface area contributed by atoms with Crippen molar-refractivity contribution in [1.29, 1.82) is 0 Å². The summed E-state index contributed by atoms with van der Waals surface area (Å²) in [5, 5.41) is 0.366. The molecule has 1 aromatic rings. The second kappa shape index (κ2) is 6.50. The Morgan fingerprint density at radius 2 is 1.95 bits per heavy atom. The molecule has 0 unspecified atom stereocenters. The molecule has 0 bridgehead atoms. The molecule has 1 fully saturated rings. The third-order valence-electron chi connectivity index (χ3n) is 4.01. The summed E-state index contributed by atoms with van der Waals surface area (Å²) in [5.41, 5.74) is 1.09. The van der Waals surface area contributed by atoms with E-state index in [2.05, 4.69) is 6.92 Å². The second-order valence-electron chi connectivity index (χ2n) is 5.52. The van der Waals surface area contributed by atoms with Crippen LogP contribution in [0.2, 0.25) is 0 Å². The minimum atomic E-state index is -3.19. The van der Waals surface area contributed by atoms with Crippen LogP contribution in [-0.2, 0) is 10.0 Å². The van der Waals surface area contributed by atoms with Crippen molar-refractivity contribution in [2.75, 3.05) is 18.1 Å². The van der Waals surface area contributed by atoms with Crippen LogP contribution in [0.5, 0.6) is 0 Å². The molecule has 1 aliphatic heterocycles. The number of benzene rings is 1. The predicted octanol–water partition coefficient (Wildman–Crippen LogP) is 2.95. The molecule has 3 nitrogen and oxygen atoms in total. The van der Waals surface area contributed by atoms with Crippen molar-refractivity contribution in [3.8, 4) is 0 Å². The van der Waals surface area contributed by atoms with Gasteiger partial charge in [-0.2, -0.15) is 16.1 Å². The van der Waals surface area contributed by atoms with Crippen molar-refractivity contribution in [1.82, 2.24) is 4.31 Å². The molecule has 1 aromatic carbocycles. The Kier molecular flexibility index (Phi) is 5.15. The Bertz CT molecular complexity index is 530. The van der Waals surface area contributed by atoms with Crippen LogP contribution in [0.1, 0.15) is 32.3 Å². The van der Waals surface area contributed by atoms with Gasteiger partial charge in [-0.25, -0.2) is 8.42 Å². The zero-order valence-electron chi connectivity index (χ0n) is 12.3. The first kappa shape index (κ1) is 15.9. The smallest absolute Gasteiger partial charge is 0.212 e. The van der Waals surface area contributed by atoms with E-state index in [0.29, 0.717) is 11.8 Å². The lowest BCUT2D eigenvalue weighted by atomic mass is 10.0. The normalized spacial score (nSPS) is 26.4. The van der Waals surface area contributed by atoms with Crippen LogP contribution < -0.4 is 0 Å². The Hall–Kier alpha value is -0.520. The molecule has 20 heavy (non-hydrogen) atoms. The van der Waals surface area contributed by atoms with Crippen LogP contribution in [0.25, 0.3) is 0 Å². The summed E-state index contributed by atoms with van der Waals surface area (Å²) in [7, 11) is -3.19. The Morgan fingerprint density at radius 3 is 2.60 bits per heavy atom. The zero-order chi connectivity index (χ0) is 14.8. The Morgan fingerprint density at radius 1 is 1.30 bits per heavy atom. The van der Waals surface area contributed by atoms with Gasteiger partial charge in [0.15, 0.2) is 0 Å². The van der Waals surface area contributed by atoms with Crippen molar-refractivity contribution in [2.24, 2.45) is 0 Å². The zero-order valence-corrected chi connectivity index (χ0v) is 14.0. The van der Waals surface area contributed by atoms with Gasteiger partial charge in [-0.1, -0.05) is 44.2 Å². The van der Waals surface area contributed by atoms with E-state index in [9.17, 15) is 8.42 Å². The molecule has 2 rings (SSSR count). The van der Waals surface area contributed by atoms with Crippen LogP contribution in [-0.4, -0.2) is 42.1 Å². The Labute approximate surface area is 126 Å². The number of nitrogens with zero attached hydrogens (tertiary/aromatic N) is 1. The first-order valence-corrected chi connectivity index (χ1v) is 9.73. The summed E-state index contributed by atoms with van der Waals surface area (Å²) in [6.45, 7) is 6.75. The van der Waals surface area contributed by atoms with Gasteiger partial charge in [0, 0.05) is 23.6 Å². The van der Waals surface area contributed by atoms with Crippen LogP contribution >= 0.6 is 11.8 Å². The van der Waals surface area contributed by atoms with Crippen LogP contribution in [0.15, 0.2) is 30.3 Å². The van der Waals surface area contributed by atoms with Crippen LogP contribution in [0.4, 0.5) is 0 Å². The number of sulfonamides is 1. The number of hydrogen-bond donors (Lipinski definition) is 0. The van der Waals surface area contributed by atoms with Gasteiger partial charge in [0.05, 0.1) is 5.75 Å². The molecule has 0 aromatic heterocycles. The fraction of sp³-hybridized carbons (Fsp3) is 0.600. The summed E-state index contributed by atoms with van der Waals surface area (Å²) in [6.07, 6.45) is 0. The molecule has 1 aliphatic rings. The average molecular weight is 313 g/mol. The summed E-state index contributed by atoms with van der Waals surface area (Å²) < 4.78 is 27.0. The highest BCUT2D eigenvalue weighted by molar-refractivity contribution is 8.00. The first-order valence-electron chi connectivity index (χ1n) is 7.08. The molecule has 112 valence electrons. The van der Waals surface area contributed by atoms with Crippen molar-refractivity contribution in [3.63, 3.8) is 0 Å². The Balaban J connectivity index is 2.11. The topological polar surface area (TPSA) is 37.4 Å². The van der Waals surface area contributed by atoms with E-state index < -0.39 is 10.0 Å². The van der Waals surface area contributed by atoms with Gasteiger partial charge < -0.3 is 0 Å². The number of thioether (sulfide) groups is 1. The van der Waals surface area contributed by atoms with Crippen molar-refractivity contribution < 1.29 is 8.42 Å². The van der Waals surface area contributed by atoms with Crippen LogP contribution in [0.3, 0.4) is 0 Å². The van der Waals surface area contributed by atoms with E-state index in [-0.39, 0.29) is 17.7 Å². The standard InChI is InChI=1S/C15H23NO2S2/c1-12(15-7-5-4-6-8-15)11-20(17,18)16-9-10-19-14(3)13(16)2/h4-8,12-14H,9-11H2,1-3H3/t12-,13+,14-/m1/s1. The molecule has 0 N–H and O–H groups in total. The molecule has 0 saturated carbocycles. The lowest BCUT2D eigenvalue weighted by molar-refractivity contribution is 0.339. The fourth-order valence-corrected chi connectivity index (χ4v) is 5.95. The van der Waals surface area contributed by atoms with E-state index in [4.69, 9.17) is 0 Å². The first-order chi connectivity index (χ1) is 9.42. The maximum atomic E-state index is 12.6. The summed E-state index contributed by atoms with van der Waals surface area (Å²) in [6, 6.07) is 9.95. The van der Waals surface area contributed by atoms with Gasteiger partial charge >= 0.3 is 0 Å². The van der Waals surface area contributed by atoms with Gasteiger partial charge in [0.25, 0.3) is 0 Å². The van der Waals surface area contributed by atoms with Gasteiger partial charge in [0.1, 0.15) is 0 Å². The average Bonchev–Trinajstić information content (AvgIpc) is 2.42. The third kappa shape index (κ3) is 3.57. The van der Waals surface area contributed by atoms with Crippen molar-refractivity contribution in [3.05, 3.63) is 35.9 Å². The third-order valence-corrected chi connectivity index (χ3v) is 7.50. The second-order valence-corrected chi connectivity index (χ2v) is 8.97. The highest BCUT2D eigenvalue weighted by Crippen LogP contribution is 2.28. The van der Waals surface area contributed by atoms with E-state index in [0.717, 1.165) is 11.3 Å². The molecule has 1 heterocycles. The maximum Gasteiger partial charge on any atom is 0.214 e. The van der Waals surface area contributed by atoms with Gasteiger partial charge in [-0.15, -0.1) is 0 Å². The largest absolute Gasteiger partial charge is 0.214 e. The summed E-state index contributed by atoms with van der Waals surface area (Å²) >= 11 is 1.86. The van der Waals surface area contributed by atoms with Crippen molar-refractivity contribution in [2.45, 2.75) is 38.0 Å². The van der Waals surface area contributed by atoms with E-state index in [1.807, 2.05) is 55.9 Å². The maximum absolute atomic E-state index is 12.6. The molecule has 0 radical (unpaired) electrons. The van der Waals surface area contributed by atoms with E-state index in [1.54, 1.807) is 4.31 Å². The quantitative estimate of drug-likeness (QED) is 0.857. The number of hydrogen-bond acceptors (Lipinski definition) is 3. The predicted molar refractivity (Wildman–Crippen MR) is 86.7 cm³/mol. The van der Waals surface area contributed by atoms with E-state index >= 15 is 0 Å². The summed E-state index contributed by atoms with van der Waals surface area (Å²) in [4.78, 5) is 0. The number of rotatable bonds is 4. The molecule has 5 heteroatoms. The SMILES string of the molecule is C[C@H](CS(=O)(=O)N1CCS[C@H](C)[C@@H]1C)c1ccccc1. The molecule has 0 spiro atoms. The van der Waals surface area contributed by atoms with Gasteiger partial charge in [-0.3, -0.25) is 0 Å². The van der Waals surface area contributed by atoms with Gasteiger partial charge in [0.2, 0.25) is 10.0 Å². The lowest BCUT2D eigenvalue weighted by Gasteiger charge is -2.37. The van der Waals surface area contributed by atoms with Crippen molar-refractivity contribution >= 4 is 21.8 Å². The molecular weight excluding hydrogens is 290 g/mol. The molecular formula is C15H23NO2S2. The molecule has 0 aliphatic carbocycles. The van der Waals surface area contributed by atoms with E-state index in [1.165, 1.54) is 0 Å². The highest BCUT2D eigenvalue weighted by Gasteiger charge is 2.34. The monoisotopic (exact) mass is 313 g/mol. The minimum Gasteiger partial charge on any atom is -0.212 e. The summed E-state index contributed by atoms with van der Waals surface area (Å²) in [5.74, 6) is 1.11. The molecule has 3 atom stereocenters. The molecule has 1 saturated heterocycles. The fourth-order valence-electron chi connectivity index (χ4n) is 2.59. The van der Waals surface area contributed by atoms with Crippen LogP contribution in [0, 0.1) is 0 Å². The highest BCUT2D eigenvalue weighted by atomic mass is 32.2. The minimum absolute atomic E-state index is 0.0262. The molecule has 0 amide bonds. The van der Waals surface area contributed by atoms with Gasteiger partial charge in [-0.05, 0) is 18.4 Å².